The summed E-state index contributed by atoms with van der Waals surface area (Å²) in [6, 6.07) is -7.80. The Balaban J connectivity index is 3.72. The lowest BCUT2D eigenvalue weighted by Gasteiger charge is -2.32. The Bertz CT molecular complexity index is 1360. The number of halogens is 23. The van der Waals surface area contributed by atoms with Crippen LogP contribution in [0.25, 0.3) is 0 Å². The second kappa shape index (κ2) is 11.6. The molecule has 0 heterocycles. The molecule has 0 fully saturated rings. The summed E-state index contributed by atoms with van der Waals surface area (Å²) in [7, 11) is 0. The number of rotatable bonds is 10. The maximum Gasteiger partial charge on any atom is 0.460 e. The van der Waals surface area contributed by atoms with Crippen LogP contribution in [0.1, 0.15) is 0 Å². The maximum atomic E-state index is 14.0. The van der Waals surface area contributed by atoms with E-state index in [0.29, 0.717) is 0 Å². The molecule has 0 atom stereocenters. The number of alkyl halides is 18. The largest absolute Gasteiger partial charge is 0.460 e. The number of benzene rings is 1. The smallest absolute Gasteiger partial charge is 0.428 e. The zero-order valence-electron chi connectivity index (χ0n) is 19.7. The van der Waals surface area contributed by atoms with Gasteiger partial charge in [-0.15, -0.1) is 0 Å². The first-order valence-electron chi connectivity index (χ1n) is 9.82. The van der Waals surface area contributed by atoms with Gasteiger partial charge in [-0.1, -0.05) is 0 Å². The average molecular weight is 779 g/mol. The lowest BCUT2D eigenvalue weighted by molar-refractivity contribution is -0.392. The van der Waals surface area contributed by atoms with Crippen molar-refractivity contribution in [3.8, 4) is 11.5 Å². The third kappa shape index (κ3) is 6.31. The Morgan fingerprint density at radius 3 is 1.16 bits per heavy atom. The van der Waals surface area contributed by atoms with E-state index in [9.17, 15) is 96.6 Å². The highest BCUT2D eigenvalue weighted by Gasteiger charge is 2.84. The monoisotopic (exact) mass is 778 g/mol. The van der Waals surface area contributed by atoms with Crippen molar-refractivity contribution in [3.05, 3.63) is 34.2 Å². The highest BCUT2D eigenvalue weighted by molar-refractivity contribution is 9.10. The van der Waals surface area contributed by atoms with Crippen molar-refractivity contribution in [3.63, 3.8) is 0 Å². The number of nitrogens with two attached hydrogens (primary N) is 2. The Morgan fingerprint density at radius 1 is 0.533 bits per heavy atom. The molecule has 0 aliphatic heterocycles. The minimum absolute atomic E-state index is 0.0929. The van der Waals surface area contributed by atoms with Gasteiger partial charge in [0, 0.05) is 6.07 Å². The number of allylic oxidation sites excluding steroid dienone is 2. The van der Waals surface area contributed by atoms with Crippen molar-refractivity contribution in [2.24, 2.45) is 0 Å². The minimum Gasteiger partial charge on any atom is -0.428 e. The number of ether oxygens (including phenoxy) is 2. The van der Waals surface area contributed by atoms with E-state index in [4.69, 9.17) is 11.5 Å². The van der Waals surface area contributed by atoms with Crippen molar-refractivity contribution in [1.29, 1.82) is 0 Å². The Labute approximate surface area is 239 Å². The van der Waals surface area contributed by atoms with E-state index in [1.54, 1.807) is 0 Å². The van der Waals surface area contributed by atoms with Crippen molar-refractivity contribution < 1.29 is 106 Å². The highest BCUT2D eigenvalue weighted by atomic mass is 79.9. The lowest BCUT2D eigenvalue weighted by Crippen LogP contribution is -2.61. The standard InChI is InChI=1S/C18H5BrF22N2O2/c19-4-3(44-9(22)7(20)11(24,25)13(28,29)15(32,33)17(36,37)38)1-2(42)5(43)6(4)45-10(23)8(21)12(26,27)14(30,31)16(34,35)18(39,40)41/h1H,42-43H2. The Hall–Kier alpha value is -3.16. The SMILES string of the molecule is Nc1cc(OC(F)=C(F)C(F)(F)C(F)(F)C(F)(F)C(F)(F)F)c(Br)c(OC(F)=C(F)C(F)(F)C(F)(F)C(F)(F)C(F)(F)F)c1N. The molecule has 0 aliphatic carbocycles. The molecule has 0 aliphatic rings. The highest BCUT2D eigenvalue weighted by Crippen LogP contribution is 2.58. The lowest BCUT2D eigenvalue weighted by atomic mass is 10.0. The molecule has 0 bridgehead atoms. The van der Waals surface area contributed by atoms with E-state index < -0.39 is 98.9 Å². The number of anilines is 2. The Kier molecular flexibility index (Phi) is 10.3. The molecule has 1 rings (SSSR count). The molecule has 1 aromatic rings. The van der Waals surface area contributed by atoms with E-state index in [-0.39, 0.29) is 6.07 Å². The van der Waals surface area contributed by atoms with E-state index in [2.05, 4.69) is 9.47 Å². The predicted molar refractivity (Wildman–Crippen MR) is 104 cm³/mol. The molecule has 0 saturated heterocycles. The van der Waals surface area contributed by atoms with Crippen LogP contribution in [-0.2, 0) is 0 Å². The average Bonchev–Trinajstić information content (AvgIpc) is 2.86. The maximum absolute atomic E-state index is 14.0. The van der Waals surface area contributed by atoms with Crippen LogP contribution >= 0.6 is 15.9 Å². The zero-order chi connectivity index (χ0) is 36.3. The molecule has 45 heavy (non-hydrogen) atoms. The van der Waals surface area contributed by atoms with Gasteiger partial charge in [-0.25, -0.2) is 0 Å². The fourth-order valence-corrected chi connectivity index (χ4v) is 2.86. The summed E-state index contributed by atoms with van der Waals surface area (Å²) in [5, 5.41) is 0. The van der Waals surface area contributed by atoms with Crippen LogP contribution in [-0.4, -0.2) is 47.9 Å². The van der Waals surface area contributed by atoms with Crippen LogP contribution in [0.4, 0.5) is 108 Å². The van der Waals surface area contributed by atoms with Crippen molar-refractivity contribution in [2.45, 2.75) is 47.9 Å². The molecule has 0 spiro atoms. The van der Waals surface area contributed by atoms with E-state index in [1.165, 1.54) is 0 Å². The van der Waals surface area contributed by atoms with Crippen LogP contribution < -0.4 is 20.9 Å². The normalized spacial score (nSPS) is 15.9. The first-order valence-corrected chi connectivity index (χ1v) is 10.6. The Morgan fingerprint density at radius 2 is 0.844 bits per heavy atom. The molecule has 0 unspecified atom stereocenters. The van der Waals surface area contributed by atoms with Crippen molar-refractivity contribution in [1.82, 2.24) is 0 Å². The fourth-order valence-electron chi connectivity index (χ4n) is 2.37. The van der Waals surface area contributed by atoms with Crippen LogP contribution in [0.2, 0.25) is 0 Å². The van der Waals surface area contributed by atoms with Gasteiger partial charge in [0.25, 0.3) is 0 Å². The second-order valence-corrected chi connectivity index (χ2v) is 8.64. The molecule has 0 radical (unpaired) electrons. The number of nitrogen functional groups attached to an aromatic ring is 2. The molecular formula is C18H5BrF22N2O2. The fraction of sp³-hybridized carbons (Fsp3) is 0.444. The topological polar surface area (TPSA) is 70.5 Å². The summed E-state index contributed by atoms with van der Waals surface area (Å²) >= 11 is 2.00. The molecular weight excluding hydrogens is 774 g/mol. The van der Waals surface area contributed by atoms with E-state index >= 15 is 0 Å². The van der Waals surface area contributed by atoms with Crippen LogP contribution in [0.5, 0.6) is 11.5 Å². The molecule has 4 N–H and O–H groups in total. The van der Waals surface area contributed by atoms with E-state index in [1.807, 2.05) is 15.9 Å². The quantitative estimate of drug-likeness (QED) is 0.141. The van der Waals surface area contributed by atoms with Gasteiger partial charge in [-0.2, -0.15) is 96.6 Å². The zero-order valence-corrected chi connectivity index (χ0v) is 21.3. The van der Waals surface area contributed by atoms with E-state index in [0.717, 1.165) is 0 Å². The molecule has 0 amide bonds. The molecule has 260 valence electrons. The third-order valence-corrected chi connectivity index (χ3v) is 5.59. The van der Waals surface area contributed by atoms with Gasteiger partial charge in [0.05, 0.1) is 11.4 Å². The van der Waals surface area contributed by atoms with Crippen LogP contribution in [0.3, 0.4) is 0 Å². The van der Waals surface area contributed by atoms with Crippen molar-refractivity contribution >= 4 is 27.3 Å². The second-order valence-electron chi connectivity index (χ2n) is 7.84. The van der Waals surface area contributed by atoms with Gasteiger partial charge < -0.3 is 20.9 Å². The third-order valence-electron chi connectivity index (χ3n) is 4.84. The van der Waals surface area contributed by atoms with Gasteiger partial charge in [0.15, 0.2) is 11.5 Å². The van der Waals surface area contributed by atoms with Gasteiger partial charge in [0.2, 0.25) is 11.7 Å². The minimum atomic E-state index is -7.82. The summed E-state index contributed by atoms with van der Waals surface area (Å²) in [6.07, 6.45) is -15.0. The summed E-state index contributed by atoms with van der Waals surface area (Å²) in [5.41, 5.74) is 7.29. The molecule has 4 nitrogen and oxygen atoms in total. The summed E-state index contributed by atoms with van der Waals surface area (Å²) in [6.45, 7) is 0. The van der Waals surface area contributed by atoms with Crippen LogP contribution in [0, 0.1) is 0 Å². The summed E-state index contributed by atoms with van der Waals surface area (Å²) in [5.74, 6) is -59.0. The molecule has 1 aromatic carbocycles. The van der Waals surface area contributed by atoms with Gasteiger partial charge in [-0.3, -0.25) is 0 Å². The van der Waals surface area contributed by atoms with Gasteiger partial charge in [-0.05, 0) is 15.9 Å². The first-order chi connectivity index (χ1) is 19.6. The van der Waals surface area contributed by atoms with Crippen LogP contribution in [0.15, 0.2) is 34.2 Å². The van der Waals surface area contributed by atoms with Gasteiger partial charge in [0.1, 0.15) is 4.47 Å². The number of hydrogen-bond acceptors (Lipinski definition) is 4. The van der Waals surface area contributed by atoms with Gasteiger partial charge >= 0.3 is 59.9 Å². The van der Waals surface area contributed by atoms with Crippen molar-refractivity contribution in [2.75, 3.05) is 11.5 Å². The molecule has 27 heteroatoms. The first kappa shape index (κ1) is 39.9. The number of hydrogen-bond donors (Lipinski definition) is 2. The summed E-state index contributed by atoms with van der Waals surface area (Å²) in [4.78, 5) is 0. The molecule has 0 aromatic heterocycles. The summed E-state index contributed by atoms with van der Waals surface area (Å²) < 4.78 is 293. The predicted octanol–water partition coefficient (Wildman–Crippen LogP) is 9.52. The molecule has 0 saturated carbocycles.